The van der Waals surface area contributed by atoms with Gasteiger partial charge in [-0.25, -0.2) is 15.0 Å². The summed E-state index contributed by atoms with van der Waals surface area (Å²) in [6, 6.07) is 5.13. The van der Waals surface area contributed by atoms with Crippen molar-refractivity contribution in [2.45, 2.75) is 18.9 Å². The van der Waals surface area contributed by atoms with Crippen molar-refractivity contribution in [3.05, 3.63) is 42.4 Å². The third-order valence-corrected chi connectivity index (χ3v) is 4.33. The normalized spacial score (nSPS) is 19.4. The lowest BCUT2D eigenvalue weighted by Gasteiger charge is -2.29. The molecule has 0 aliphatic carbocycles. The summed E-state index contributed by atoms with van der Waals surface area (Å²) in [5.41, 5.74) is -0.626. The van der Waals surface area contributed by atoms with Gasteiger partial charge >= 0.3 is 0 Å². The van der Waals surface area contributed by atoms with Crippen LogP contribution in [0.15, 0.2) is 36.8 Å². The number of aliphatic hydroxyl groups is 1. The van der Waals surface area contributed by atoms with Crippen LogP contribution in [0.4, 0.5) is 5.95 Å². The zero-order valence-corrected chi connectivity index (χ0v) is 15.0. The molecule has 0 spiro atoms. The van der Waals surface area contributed by atoms with E-state index in [1.165, 1.54) is 4.90 Å². The molecule has 1 amide bonds. The number of β-amino-alcohol motifs (C(OH)–C–C–N with tert-alkyl or cyclic N) is 1. The SMILES string of the molecule is CCOc1ncccc1C(=O)N(C)C[C@]1(O)CCN(c2ncccn2)C1. The van der Waals surface area contributed by atoms with Gasteiger partial charge in [-0.05, 0) is 31.5 Å². The maximum atomic E-state index is 12.8. The summed E-state index contributed by atoms with van der Waals surface area (Å²) in [6.45, 7) is 3.49. The molecule has 1 aliphatic heterocycles. The molecule has 8 nitrogen and oxygen atoms in total. The first-order chi connectivity index (χ1) is 12.5. The summed E-state index contributed by atoms with van der Waals surface area (Å²) in [4.78, 5) is 28.8. The van der Waals surface area contributed by atoms with Crippen LogP contribution in [0.1, 0.15) is 23.7 Å². The van der Waals surface area contributed by atoms with E-state index in [9.17, 15) is 9.90 Å². The zero-order chi connectivity index (χ0) is 18.6. The fourth-order valence-electron chi connectivity index (χ4n) is 3.13. The highest BCUT2D eigenvalue weighted by Crippen LogP contribution is 2.26. The second kappa shape index (κ2) is 7.65. The molecule has 2 aromatic heterocycles. The predicted molar refractivity (Wildman–Crippen MR) is 96.2 cm³/mol. The van der Waals surface area contributed by atoms with Gasteiger partial charge in [-0.3, -0.25) is 4.79 Å². The van der Waals surface area contributed by atoms with Gasteiger partial charge < -0.3 is 19.6 Å². The van der Waals surface area contributed by atoms with Gasteiger partial charge in [0.1, 0.15) is 11.2 Å². The van der Waals surface area contributed by atoms with Gasteiger partial charge in [0.05, 0.1) is 19.7 Å². The van der Waals surface area contributed by atoms with Crippen LogP contribution >= 0.6 is 0 Å². The number of ether oxygens (including phenoxy) is 1. The highest BCUT2D eigenvalue weighted by Gasteiger charge is 2.39. The number of amides is 1. The maximum Gasteiger partial charge on any atom is 0.259 e. The molecule has 0 saturated carbocycles. The number of hydrogen-bond acceptors (Lipinski definition) is 7. The minimum Gasteiger partial charge on any atom is -0.477 e. The lowest BCUT2D eigenvalue weighted by atomic mass is 10.0. The van der Waals surface area contributed by atoms with Crippen molar-refractivity contribution in [2.75, 3.05) is 38.2 Å². The second-order valence-electron chi connectivity index (χ2n) is 6.40. The standard InChI is InChI=1S/C18H23N5O3/c1-3-26-15-14(6-4-8-19-15)16(24)22(2)12-18(25)7-11-23(13-18)17-20-9-5-10-21-17/h4-6,8-10,25H,3,7,11-13H2,1-2H3/t18-/m1/s1. The summed E-state index contributed by atoms with van der Waals surface area (Å²) in [7, 11) is 1.67. The summed E-state index contributed by atoms with van der Waals surface area (Å²) >= 11 is 0. The Morgan fingerprint density at radius 1 is 1.31 bits per heavy atom. The Bertz CT molecular complexity index is 758. The van der Waals surface area contributed by atoms with E-state index in [-0.39, 0.29) is 12.5 Å². The molecule has 0 bridgehead atoms. The van der Waals surface area contributed by atoms with Crippen molar-refractivity contribution >= 4 is 11.9 Å². The van der Waals surface area contributed by atoms with E-state index in [0.717, 1.165) is 0 Å². The van der Waals surface area contributed by atoms with E-state index >= 15 is 0 Å². The van der Waals surface area contributed by atoms with E-state index in [2.05, 4.69) is 15.0 Å². The first-order valence-corrected chi connectivity index (χ1v) is 8.60. The number of rotatable bonds is 6. The number of likely N-dealkylation sites (N-methyl/N-ethyl adjacent to an activating group) is 1. The van der Waals surface area contributed by atoms with Crippen molar-refractivity contribution in [1.82, 2.24) is 19.9 Å². The molecular formula is C18H23N5O3. The third-order valence-electron chi connectivity index (χ3n) is 4.33. The lowest BCUT2D eigenvalue weighted by molar-refractivity contribution is 0.0262. The van der Waals surface area contributed by atoms with Gasteiger partial charge in [0.2, 0.25) is 11.8 Å². The summed E-state index contributed by atoms with van der Waals surface area (Å²) in [6.07, 6.45) is 5.47. The summed E-state index contributed by atoms with van der Waals surface area (Å²) < 4.78 is 5.43. The number of aromatic nitrogens is 3. The van der Waals surface area contributed by atoms with E-state index < -0.39 is 5.60 Å². The summed E-state index contributed by atoms with van der Waals surface area (Å²) in [5, 5.41) is 10.9. The van der Waals surface area contributed by atoms with Gasteiger partial charge in [-0.15, -0.1) is 0 Å². The molecule has 1 saturated heterocycles. The van der Waals surface area contributed by atoms with Gasteiger partial charge in [-0.2, -0.15) is 0 Å². The molecule has 1 fully saturated rings. The monoisotopic (exact) mass is 357 g/mol. The topological polar surface area (TPSA) is 91.7 Å². The van der Waals surface area contributed by atoms with Crippen LogP contribution in [0.3, 0.4) is 0 Å². The van der Waals surface area contributed by atoms with Crippen molar-refractivity contribution in [2.24, 2.45) is 0 Å². The van der Waals surface area contributed by atoms with Crippen molar-refractivity contribution < 1.29 is 14.6 Å². The van der Waals surface area contributed by atoms with Crippen LogP contribution in [-0.2, 0) is 0 Å². The average molecular weight is 357 g/mol. The largest absolute Gasteiger partial charge is 0.477 e. The first kappa shape index (κ1) is 18.1. The van der Waals surface area contributed by atoms with Crippen LogP contribution in [0, 0.1) is 0 Å². The Labute approximate surface area is 152 Å². The molecule has 8 heteroatoms. The molecule has 1 atom stereocenters. The number of carbonyl (C=O) groups excluding carboxylic acids is 1. The Hall–Kier alpha value is -2.74. The molecule has 0 aromatic carbocycles. The highest BCUT2D eigenvalue weighted by atomic mass is 16.5. The molecular weight excluding hydrogens is 334 g/mol. The molecule has 2 aromatic rings. The Balaban J connectivity index is 1.68. The maximum absolute atomic E-state index is 12.8. The molecule has 0 radical (unpaired) electrons. The minimum atomic E-state index is -1.02. The van der Waals surface area contributed by atoms with Crippen LogP contribution < -0.4 is 9.64 Å². The van der Waals surface area contributed by atoms with E-state index in [4.69, 9.17) is 4.74 Å². The smallest absolute Gasteiger partial charge is 0.259 e. The lowest BCUT2D eigenvalue weighted by Crippen LogP contribution is -2.46. The predicted octanol–water partition coefficient (Wildman–Crippen LogP) is 0.984. The fourth-order valence-corrected chi connectivity index (χ4v) is 3.13. The molecule has 1 aliphatic rings. The average Bonchev–Trinajstić information content (AvgIpc) is 3.04. The molecule has 138 valence electrons. The van der Waals surface area contributed by atoms with Crippen LogP contribution in [0.25, 0.3) is 0 Å². The van der Waals surface area contributed by atoms with E-state index in [0.29, 0.717) is 43.5 Å². The fraction of sp³-hybridized carbons (Fsp3) is 0.444. The molecule has 1 N–H and O–H groups in total. The van der Waals surface area contributed by atoms with Crippen LogP contribution in [0.2, 0.25) is 0 Å². The molecule has 0 unspecified atom stereocenters. The van der Waals surface area contributed by atoms with Gasteiger partial charge in [-0.1, -0.05) is 0 Å². The Morgan fingerprint density at radius 3 is 2.77 bits per heavy atom. The van der Waals surface area contributed by atoms with Gasteiger partial charge in [0.25, 0.3) is 5.91 Å². The number of pyridine rings is 1. The molecule has 26 heavy (non-hydrogen) atoms. The highest BCUT2D eigenvalue weighted by molar-refractivity contribution is 5.96. The Kier molecular flexibility index (Phi) is 5.32. The number of hydrogen-bond donors (Lipinski definition) is 1. The second-order valence-corrected chi connectivity index (χ2v) is 6.40. The van der Waals surface area contributed by atoms with Crippen molar-refractivity contribution in [1.29, 1.82) is 0 Å². The number of anilines is 1. The number of carbonyl (C=O) groups is 1. The van der Waals surface area contributed by atoms with Crippen LogP contribution in [-0.4, -0.2) is 69.8 Å². The van der Waals surface area contributed by atoms with E-state index in [1.54, 1.807) is 43.8 Å². The Morgan fingerprint density at radius 2 is 2.04 bits per heavy atom. The zero-order valence-electron chi connectivity index (χ0n) is 15.0. The molecule has 3 heterocycles. The first-order valence-electron chi connectivity index (χ1n) is 8.60. The molecule has 3 rings (SSSR count). The van der Waals surface area contributed by atoms with Gasteiger partial charge in [0.15, 0.2) is 0 Å². The van der Waals surface area contributed by atoms with Crippen molar-refractivity contribution in [3.8, 4) is 5.88 Å². The van der Waals surface area contributed by atoms with Crippen molar-refractivity contribution in [3.63, 3.8) is 0 Å². The van der Waals surface area contributed by atoms with E-state index in [1.807, 2.05) is 11.8 Å². The quantitative estimate of drug-likeness (QED) is 0.824. The van der Waals surface area contributed by atoms with Gasteiger partial charge in [0, 0.05) is 32.2 Å². The van der Waals surface area contributed by atoms with Crippen LogP contribution in [0.5, 0.6) is 5.88 Å². The number of nitrogens with zero attached hydrogens (tertiary/aromatic N) is 5. The third kappa shape index (κ3) is 3.91. The minimum absolute atomic E-state index is 0.204. The summed E-state index contributed by atoms with van der Waals surface area (Å²) in [5.74, 6) is 0.664.